The molecule has 2 aromatic heterocycles. The van der Waals surface area contributed by atoms with Crippen molar-refractivity contribution in [3.8, 4) is 17.2 Å². The van der Waals surface area contributed by atoms with Crippen LogP contribution < -0.4 is 19.9 Å². The van der Waals surface area contributed by atoms with Gasteiger partial charge in [-0.3, -0.25) is 9.97 Å². The van der Waals surface area contributed by atoms with E-state index in [0.29, 0.717) is 29.5 Å². The summed E-state index contributed by atoms with van der Waals surface area (Å²) >= 11 is 0. The Morgan fingerprint density at radius 2 is 1.95 bits per heavy atom. The van der Waals surface area contributed by atoms with Gasteiger partial charge in [-0.25, -0.2) is 0 Å². The first-order chi connectivity index (χ1) is 9.78. The Balaban J connectivity index is 2.10. The second-order valence-corrected chi connectivity index (χ2v) is 3.97. The highest BCUT2D eigenvalue weighted by Crippen LogP contribution is 2.29. The maximum atomic E-state index is 5.63. The molecule has 106 valence electrons. The van der Waals surface area contributed by atoms with Crippen LogP contribution in [0.4, 0.5) is 0 Å². The number of pyridine rings is 2. The molecule has 0 aliphatic rings. The third-order valence-electron chi connectivity index (χ3n) is 2.75. The quantitative estimate of drug-likeness (QED) is 0.861. The highest BCUT2D eigenvalue weighted by Gasteiger charge is 2.11. The summed E-state index contributed by atoms with van der Waals surface area (Å²) in [5.74, 6) is 1.84. The Morgan fingerprint density at radius 3 is 2.55 bits per heavy atom. The lowest BCUT2D eigenvalue weighted by Gasteiger charge is -2.12. The van der Waals surface area contributed by atoms with Crippen LogP contribution in [0.2, 0.25) is 0 Å². The molecule has 2 rings (SSSR count). The number of nitrogens with two attached hydrogens (primary N) is 1. The van der Waals surface area contributed by atoms with Crippen molar-refractivity contribution in [3.63, 3.8) is 0 Å². The molecule has 2 aromatic rings. The fourth-order valence-electron chi connectivity index (χ4n) is 1.72. The van der Waals surface area contributed by atoms with Gasteiger partial charge in [0.15, 0.2) is 11.5 Å². The number of ether oxygens (including phenoxy) is 3. The lowest BCUT2D eigenvalue weighted by molar-refractivity contribution is 0.284. The molecular weight excluding hydrogens is 258 g/mol. The molecule has 0 spiro atoms. The van der Waals surface area contributed by atoms with Crippen LogP contribution in [0.1, 0.15) is 11.4 Å². The Labute approximate surface area is 117 Å². The molecule has 6 heteroatoms. The van der Waals surface area contributed by atoms with Crippen LogP contribution >= 0.6 is 0 Å². The zero-order valence-electron chi connectivity index (χ0n) is 11.5. The Bertz CT molecular complexity index is 558. The molecule has 0 fully saturated rings. The smallest absolute Gasteiger partial charge is 0.185 e. The van der Waals surface area contributed by atoms with Crippen molar-refractivity contribution in [1.29, 1.82) is 0 Å². The molecule has 6 nitrogen and oxygen atoms in total. The predicted molar refractivity (Wildman–Crippen MR) is 73.8 cm³/mol. The lowest BCUT2D eigenvalue weighted by atomic mass is 10.3. The molecule has 0 unspecified atom stereocenters. The van der Waals surface area contributed by atoms with Crippen LogP contribution in [0, 0.1) is 0 Å². The zero-order valence-corrected chi connectivity index (χ0v) is 11.5. The molecule has 0 saturated heterocycles. The van der Waals surface area contributed by atoms with Gasteiger partial charge in [-0.15, -0.1) is 0 Å². The normalized spacial score (nSPS) is 10.2. The third-order valence-corrected chi connectivity index (χ3v) is 2.75. The molecule has 0 bridgehead atoms. The van der Waals surface area contributed by atoms with E-state index in [4.69, 9.17) is 19.9 Å². The second-order valence-electron chi connectivity index (χ2n) is 3.97. The van der Waals surface area contributed by atoms with E-state index in [1.54, 1.807) is 32.7 Å². The van der Waals surface area contributed by atoms with Crippen molar-refractivity contribution in [3.05, 3.63) is 42.0 Å². The summed E-state index contributed by atoms with van der Waals surface area (Å²) in [6, 6.07) is 5.38. The first kappa shape index (κ1) is 14.1. The van der Waals surface area contributed by atoms with E-state index < -0.39 is 0 Å². The van der Waals surface area contributed by atoms with E-state index in [-0.39, 0.29) is 6.61 Å². The number of hydrogen-bond acceptors (Lipinski definition) is 6. The van der Waals surface area contributed by atoms with Gasteiger partial charge in [0.1, 0.15) is 18.1 Å². The van der Waals surface area contributed by atoms with E-state index in [2.05, 4.69) is 9.97 Å². The molecule has 0 radical (unpaired) electrons. The maximum Gasteiger partial charge on any atom is 0.185 e. The topological polar surface area (TPSA) is 79.5 Å². The monoisotopic (exact) mass is 275 g/mol. The predicted octanol–water partition coefficient (Wildman–Crippen LogP) is 1.53. The van der Waals surface area contributed by atoms with Gasteiger partial charge in [-0.1, -0.05) is 0 Å². The standard InChI is InChI=1S/C14H17N3O3/c1-18-13-5-6-16-12(14(13)19-2)9-20-11-4-3-10(7-15)17-8-11/h3-6,8H,7,9,15H2,1-2H3. The first-order valence-electron chi connectivity index (χ1n) is 6.12. The summed E-state index contributed by atoms with van der Waals surface area (Å²) in [5.41, 5.74) is 6.97. The molecule has 0 amide bonds. The van der Waals surface area contributed by atoms with Gasteiger partial charge in [0.25, 0.3) is 0 Å². The minimum Gasteiger partial charge on any atom is -0.493 e. The van der Waals surface area contributed by atoms with Gasteiger partial charge in [0.2, 0.25) is 0 Å². The van der Waals surface area contributed by atoms with Crippen molar-refractivity contribution in [1.82, 2.24) is 9.97 Å². The van der Waals surface area contributed by atoms with Crippen molar-refractivity contribution < 1.29 is 14.2 Å². The minimum absolute atomic E-state index is 0.268. The summed E-state index contributed by atoms with van der Waals surface area (Å²) in [5, 5.41) is 0. The van der Waals surface area contributed by atoms with Gasteiger partial charge in [-0.05, 0) is 12.1 Å². The largest absolute Gasteiger partial charge is 0.493 e. The van der Waals surface area contributed by atoms with Gasteiger partial charge < -0.3 is 19.9 Å². The van der Waals surface area contributed by atoms with E-state index >= 15 is 0 Å². The Hall–Kier alpha value is -2.34. The summed E-state index contributed by atoms with van der Waals surface area (Å²) < 4.78 is 16.1. The number of hydrogen-bond donors (Lipinski definition) is 1. The number of nitrogens with zero attached hydrogens (tertiary/aromatic N) is 2. The fourth-order valence-corrected chi connectivity index (χ4v) is 1.72. The Morgan fingerprint density at radius 1 is 1.10 bits per heavy atom. The molecule has 0 aromatic carbocycles. The first-order valence-corrected chi connectivity index (χ1v) is 6.12. The molecule has 0 aliphatic carbocycles. The summed E-state index contributed by atoms with van der Waals surface area (Å²) in [4.78, 5) is 8.40. The van der Waals surface area contributed by atoms with Crippen LogP contribution in [0.5, 0.6) is 17.2 Å². The van der Waals surface area contributed by atoms with Crippen molar-refractivity contribution >= 4 is 0 Å². The summed E-state index contributed by atoms with van der Waals surface area (Å²) in [6.07, 6.45) is 3.28. The van der Waals surface area contributed by atoms with Gasteiger partial charge in [0.05, 0.1) is 26.1 Å². The fraction of sp³-hybridized carbons (Fsp3) is 0.286. The second kappa shape index (κ2) is 6.72. The summed E-state index contributed by atoms with van der Waals surface area (Å²) in [7, 11) is 3.15. The SMILES string of the molecule is COc1ccnc(COc2ccc(CN)nc2)c1OC. The van der Waals surface area contributed by atoms with Gasteiger partial charge in [-0.2, -0.15) is 0 Å². The highest BCUT2D eigenvalue weighted by molar-refractivity contribution is 5.42. The molecule has 0 aliphatic heterocycles. The summed E-state index contributed by atoms with van der Waals surface area (Å²) in [6.45, 7) is 0.676. The molecule has 2 N–H and O–H groups in total. The van der Waals surface area contributed by atoms with Crippen molar-refractivity contribution in [2.45, 2.75) is 13.2 Å². The number of aromatic nitrogens is 2. The highest BCUT2D eigenvalue weighted by atomic mass is 16.5. The molecule has 20 heavy (non-hydrogen) atoms. The molecule has 0 atom stereocenters. The van der Waals surface area contributed by atoms with Crippen molar-refractivity contribution in [2.75, 3.05) is 14.2 Å². The number of methoxy groups -OCH3 is 2. The van der Waals surface area contributed by atoms with Crippen LogP contribution in [-0.2, 0) is 13.2 Å². The molecular formula is C14H17N3O3. The van der Waals surface area contributed by atoms with Gasteiger partial charge in [0, 0.05) is 18.8 Å². The van der Waals surface area contributed by atoms with E-state index in [9.17, 15) is 0 Å². The molecule has 2 heterocycles. The van der Waals surface area contributed by atoms with Crippen LogP contribution in [0.15, 0.2) is 30.6 Å². The Kier molecular flexibility index (Phi) is 4.73. The van der Waals surface area contributed by atoms with Crippen LogP contribution in [0.25, 0.3) is 0 Å². The zero-order chi connectivity index (χ0) is 14.4. The number of rotatable bonds is 6. The maximum absolute atomic E-state index is 5.63. The minimum atomic E-state index is 0.268. The van der Waals surface area contributed by atoms with Crippen LogP contribution in [-0.4, -0.2) is 24.2 Å². The van der Waals surface area contributed by atoms with Crippen LogP contribution in [0.3, 0.4) is 0 Å². The van der Waals surface area contributed by atoms with Gasteiger partial charge >= 0.3 is 0 Å². The van der Waals surface area contributed by atoms with E-state index in [1.165, 1.54) is 0 Å². The van der Waals surface area contributed by atoms with Crippen molar-refractivity contribution in [2.24, 2.45) is 5.73 Å². The molecule has 0 saturated carbocycles. The average Bonchev–Trinajstić information content (AvgIpc) is 2.52. The van der Waals surface area contributed by atoms with E-state index in [0.717, 1.165) is 5.69 Å². The average molecular weight is 275 g/mol. The lowest BCUT2D eigenvalue weighted by Crippen LogP contribution is -2.04. The van der Waals surface area contributed by atoms with E-state index in [1.807, 2.05) is 12.1 Å². The third kappa shape index (κ3) is 3.16.